The van der Waals surface area contributed by atoms with Gasteiger partial charge in [0.25, 0.3) is 0 Å². The Labute approximate surface area is 147 Å². The van der Waals surface area contributed by atoms with Gasteiger partial charge in [-0.25, -0.2) is 9.59 Å². The maximum absolute atomic E-state index is 12.3. The first-order valence-electron chi connectivity index (χ1n) is 7.79. The number of benzene rings is 1. The van der Waals surface area contributed by atoms with Gasteiger partial charge in [-0.15, -0.1) is 0 Å². The molecule has 0 saturated carbocycles. The van der Waals surface area contributed by atoms with Gasteiger partial charge in [0.05, 0.1) is 0 Å². The lowest BCUT2D eigenvalue weighted by atomic mass is 10.2. The Morgan fingerprint density at radius 3 is 2.50 bits per heavy atom. The van der Waals surface area contributed by atoms with Gasteiger partial charge in [-0.05, 0) is 26.3 Å². The number of hydrogen-bond acceptors (Lipinski definition) is 6. The van der Waals surface area contributed by atoms with Crippen LogP contribution in [0.5, 0.6) is 0 Å². The van der Waals surface area contributed by atoms with E-state index in [1.807, 2.05) is 30.3 Å². The Balaban J connectivity index is 2.58. The lowest BCUT2D eigenvalue weighted by Crippen LogP contribution is -2.45. The first-order valence-corrected chi connectivity index (χ1v) is 8.95. The molecule has 1 amide bonds. The number of nitrogens with two attached hydrogens (primary N) is 1. The monoisotopic (exact) mass is 354 g/mol. The van der Waals surface area contributed by atoms with E-state index < -0.39 is 23.7 Å². The minimum atomic E-state index is -0.778. The van der Waals surface area contributed by atoms with E-state index in [-0.39, 0.29) is 6.61 Å². The number of thioether (sulfide) groups is 1. The van der Waals surface area contributed by atoms with Crippen molar-refractivity contribution in [3.63, 3.8) is 0 Å². The van der Waals surface area contributed by atoms with Crippen molar-refractivity contribution < 1.29 is 19.1 Å². The van der Waals surface area contributed by atoms with Crippen molar-refractivity contribution in [2.45, 2.75) is 39.0 Å². The van der Waals surface area contributed by atoms with Crippen LogP contribution in [0.1, 0.15) is 26.3 Å². The molecule has 0 aliphatic heterocycles. The number of hydrogen-bond donors (Lipinski definition) is 2. The molecule has 0 radical (unpaired) electrons. The molecule has 3 N–H and O–H groups in total. The summed E-state index contributed by atoms with van der Waals surface area (Å²) in [6.07, 6.45) is -0.641. The van der Waals surface area contributed by atoms with Crippen LogP contribution in [-0.2, 0) is 20.9 Å². The second-order valence-electron chi connectivity index (χ2n) is 6.16. The van der Waals surface area contributed by atoms with E-state index in [1.165, 1.54) is 11.8 Å². The summed E-state index contributed by atoms with van der Waals surface area (Å²) < 4.78 is 10.5. The Kier molecular flexibility index (Phi) is 8.63. The molecule has 0 aliphatic rings. The van der Waals surface area contributed by atoms with Crippen LogP contribution in [0.3, 0.4) is 0 Å². The van der Waals surface area contributed by atoms with Gasteiger partial charge in [-0.2, -0.15) is 11.8 Å². The van der Waals surface area contributed by atoms with Crippen molar-refractivity contribution in [1.82, 2.24) is 5.32 Å². The summed E-state index contributed by atoms with van der Waals surface area (Å²) in [5.74, 6) is 0.581. The van der Waals surface area contributed by atoms with Crippen LogP contribution >= 0.6 is 11.8 Å². The van der Waals surface area contributed by atoms with Gasteiger partial charge in [-0.1, -0.05) is 30.3 Å². The second-order valence-corrected chi connectivity index (χ2v) is 7.31. The summed E-state index contributed by atoms with van der Waals surface area (Å²) in [5, 5.41) is 2.57. The minimum Gasteiger partial charge on any atom is -0.459 e. The quantitative estimate of drug-likeness (QED) is 0.550. The summed E-state index contributed by atoms with van der Waals surface area (Å²) in [4.78, 5) is 24.2. The van der Waals surface area contributed by atoms with Gasteiger partial charge >= 0.3 is 12.1 Å². The van der Waals surface area contributed by atoms with Crippen LogP contribution in [0.15, 0.2) is 30.3 Å². The van der Waals surface area contributed by atoms with Crippen LogP contribution in [0.2, 0.25) is 0 Å². The van der Waals surface area contributed by atoms with E-state index in [4.69, 9.17) is 15.2 Å². The molecule has 0 fully saturated rings. The summed E-state index contributed by atoms with van der Waals surface area (Å²) >= 11 is 1.48. The summed E-state index contributed by atoms with van der Waals surface area (Å²) in [5.41, 5.74) is 5.71. The fraction of sp³-hybridized carbons (Fsp3) is 0.529. The SMILES string of the molecule is CC(C)(C)OC(=O)NC(CSCCN)C(=O)OCc1ccccc1. The minimum absolute atomic E-state index is 0.160. The highest BCUT2D eigenvalue weighted by Gasteiger charge is 2.25. The number of carbonyl (C=O) groups excluding carboxylic acids is 2. The summed E-state index contributed by atoms with van der Waals surface area (Å²) in [7, 11) is 0. The molecule has 1 atom stereocenters. The zero-order valence-electron chi connectivity index (χ0n) is 14.4. The van der Waals surface area contributed by atoms with Gasteiger partial charge in [0, 0.05) is 18.1 Å². The van der Waals surface area contributed by atoms with Crippen molar-refractivity contribution in [3.8, 4) is 0 Å². The maximum Gasteiger partial charge on any atom is 0.408 e. The maximum atomic E-state index is 12.3. The Bertz CT molecular complexity index is 517. The van der Waals surface area contributed by atoms with E-state index in [1.54, 1.807) is 20.8 Å². The Hall–Kier alpha value is -1.73. The number of rotatable bonds is 8. The predicted molar refractivity (Wildman–Crippen MR) is 95.8 cm³/mol. The van der Waals surface area contributed by atoms with Crippen LogP contribution < -0.4 is 11.1 Å². The third-order valence-electron chi connectivity index (χ3n) is 2.75. The lowest BCUT2D eigenvalue weighted by molar-refractivity contribution is -0.146. The molecule has 1 rings (SSSR count). The molecule has 0 aromatic heterocycles. The number of alkyl carbamates (subject to hydrolysis) is 1. The van der Waals surface area contributed by atoms with E-state index in [9.17, 15) is 9.59 Å². The van der Waals surface area contributed by atoms with Gasteiger partial charge < -0.3 is 20.5 Å². The highest BCUT2D eigenvalue weighted by atomic mass is 32.2. The number of ether oxygens (including phenoxy) is 2. The smallest absolute Gasteiger partial charge is 0.408 e. The second kappa shape index (κ2) is 10.2. The van der Waals surface area contributed by atoms with Crippen molar-refractivity contribution in [1.29, 1.82) is 0 Å². The molecule has 7 heteroatoms. The molecule has 1 aromatic rings. The third-order valence-corrected chi connectivity index (χ3v) is 3.84. The van der Waals surface area contributed by atoms with Crippen LogP contribution in [0.25, 0.3) is 0 Å². The Morgan fingerprint density at radius 1 is 1.25 bits per heavy atom. The largest absolute Gasteiger partial charge is 0.459 e. The van der Waals surface area contributed by atoms with Crippen molar-refractivity contribution in [2.24, 2.45) is 5.73 Å². The van der Waals surface area contributed by atoms with E-state index >= 15 is 0 Å². The predicted octanol–water partition coefficient (Wildman–Crippen LogP) is 2.31. The molecule has 134 valence electrons. The molecule has 0 spiro atoms. The number of nitrogens with one attached hydrogen (secondary N) is 1. The molecular weight excluding hydrogens is 328 g/mol. The zero-order chi connectivity index (χ0) is 18.0. The van der Waals surface area contributed by atoms with Crippen molar-refractivity contribution in [3.05, 3.63) is 35.9 Å². The highest BCUT2D eigenvalue weighted by molar-refractivity contribution is 7.99. The molecular formula is C17H26N2O4S. The average Bonchev–Trinajstić information content (AvgIpc) is 2.51. The lowest BCUT2D eigenvalue weighted by Gasteiger charge is -2.22. The topological polar surface area (TPSA) is 90.6 Å². The third kappa shape index (κ3) is 8.79. The van der Waals surface area contributed by atoms with E-state index in [2.05, 4.69) is 5.32 Å². The number of esters is 1. The molecule has 1 aromatic carbocycles. The standard InChI is InChI=1S/C17H26N2O4S/c1-17(2,3)23-16(21)19-14(12-24-10-9-18)15(20)22-11-13-7-5-4-6-8-13/h4-8,14H,9-12,18H2,1-3H3,(H,19,21). The van der Waals surface area contributed by atoms with Crippen molar-refractivity contribution in [2.75, 3.05) is 18.1 Å². The fourth-order valence-corrected chi connectivity index (χ4v) is 2.52. The molecule has 0 heterocycles. The number of carbonyl (C=O) groups is 2. The molecule has 6 nitrogen and oxygen atoms in total. The molecule has 0 saturated heterocycles. The van der Waals surface area contributed by atoms with Crippen LogP contribution in [-0.4, -0.2) is 41.8 Å². The van der Waals surface area contributed by atoms with Gasteiger partial charge in [0.15, 0.2) is 0 Å². The van der Waals surface area contributed by atoms with Gasteiger partial charge in [0.2, 0.25) is 0 Å². The zero-order valence-corrected chi connectivity index (χ0v) is 15.2. The van der Waals surface area contributed by atoms with Gasteiger partial charge in [-0.3, -0.25) is 0 Å². The Morgan fingerprint density at radius 2 is 1.92 bits per heavy atom. The highest BCUT2D eigenvalue weighted by Crippen LogP contribution is 2.10. The van der Waals surface area contributed by atoms with Crippen LogP contribution in [0, 0.1) is 0 Å². The summed E-state index contributed by atoms with van der Waals surface area (Å²) in [6.45, 7) is 5.95. The fourth-order valence-electron chi connectivity index (χ4n) is 1.73. The van der Waals surface area contributed by atoms with Crippen molar-refractivity contribution >= 4 is 23.8 Å². The first-order chi connectivity index (χ1) is 11.3. The normalized spacial score (nSPS) is 12.3. The molecule has 0 bridgehead atoms. The van der Waals surface area contributed by atoms with E-state index in [0.717, 1.165) is 5.56 Å². The average molecular weight is 354 g/mol. The number of amides is 1. The van der Waals surface area contributed by atoms with Gasteiger partial charge in [0.1, 0.15) is 18.2 Å². The summed E-state index contributed by atoms with van der Waals surface area (Å²) in [6, 6.07) is 8.59. The molecule has 0 aliphatic carbocycles. The van der Waals surface area contributed by atoms with Crippen LogP contribution in [0.4, 0.5) is 4.79 Å². The molecule has 24 heavy (non-hydrogen) atoms. The first kappa shape index (κ1) is 20.3. The molecule has 1 unspecified atom stereocenters. The van der Waals surface area contributed by atoms with E-state index in [0.29, 0.717) is 18.1 Å².